The third-order valence-corrected chi connectivity index (χ3v) is 16.4. The second kappa shape index (κ2) is 12.6. The number of carboxylic acids is 1. The first-order chi connectivity index (χ1) is 23.0. The number of nitrogen functional groups attached to an aromatic ring is 1. The van der Waals surface area contributed by atoms with Gasteiger partial charge in [-0.1, -0.05) is 85.0 Å². The quantitative estimate of drug-likeness (QED) is 0.224. The van der Waals surface area contributed by atoms with Gasteiger partial charge >= 0.3 is 5.97 Å². The number of aromatic nitrogens is 4. The average Bonchev–Trinajstić information content (AvgIpc) is 3.70. The second-order valence-electron chi connectivity index (χ2n) is 18.8. The highest BCUT2D eigenvalue weighted by Gasteiger charge is 2.70. The van der Waals surface area contributed by atoms with E-state index in [0.29, 0.717) is 36.9 Å². The fraction of sp³-hybridized carbons (Fsp3) is 0.897. The molecule has 276 valence electrons. The zero-order valence-electron chi connectivity index (χ0n) is 32.1. The van der Waals surface area contributed by atoms with E-state index in [9.17, 15) is 9.90 Å². The summed E-state index contributed by atoms with van der Waals surface area (Å²) in [4.78, 5) is 15.2. The van der Waals surface area contributed by atoms with E-state index >= 15 is 0 Å². The summed E-state index contributed by atoms with van der Waals surface area (Å²) in [6, 6.07) is -0.185. The van der Waals surface area contributed by atoms with Crippen LogP contribution in [0.1, 0.15) is 126 Å². The normalized spacial score (nSPS) is 43.7. The van der Waals surface area contributed by atoms with Gasteiger partial charge in [-0.05, 0) is 109 Å². The summed E-state index contributed by atoms with van der Waals surface area (Å²) in [6.45, 7) is 19.9. The van der Waals surface area contributed by atoms with Gasteiger partial charge in [-0.15, -0.1) is 5.10 Å². The van der Waals surface area contributed by atoms with Crippen molar-refractivity contribution in [2.75, 3.05) is 33.1 Å². The van der Waals surface area contributed by atoms with Crippen molar-refractivity contribution in [3.05, 3.63) is 11.6 Å². The molecule has 0 saturated heterocycles. The molecule has 1 heterocycles. The first kappa shape index (κ1) is 36.7. The third-order valence-electron chi connectivity index (χ3n) is 16.4. The Balaban J connectivity index is 1.44. The van der Waals surface area contributed by atoms with Crippen molar-refractivity contribution in [2.24, 2.45) is 56.7 Å². The molecule has 5 aliphatic carbocycles. The summed E-state index contributed by atoms with van der Waals surface area (Å²) in [7, 11) is 3.87. The molecule has 0 aliphatic heterocycles. The van der Waals surface area contributed by atoms with Crippen molar-refractivity contribution in [3.63, 3.8) is 0 Å². The van der Waals surface area contributed by atoms with Crippen LogP contribution in [0.3, 0.4) is 0 Å². The van der Waals surface area contributed by atoms with Crippen LogP contribution in [0.25, 0.3) is 0 Å². The molecule has 1 aromatic rings. The largest absolute Gasteiger partial charge is 0.481 e. The maximum absolute atomic E-state index is 13.5. The van der Waals surface area contributed by atoms with Crippen LogP contribution in [-0.4, -0.2) is 70.3 Å². The molecule has 10 nitrogen and oxygen atoms in total. The van der Waals surface area contributed by atoms with Crippen LogP contribution in [0.15, 0.2) is 11.6 Å². The highest BCUT2D eigenvalue weighted by atomic mass is 16.5. The lowest BCUT2D eigenvalue weighted by Gasteiger charge is -2.70. The fourth-order valence-corrected chi connectivity index (χ4v) is 13.2. The molecule has 4 fully saturated rings. The molecule has 1 aromatic heterocycles. The average molecular weight is 683 g/mol. The van der Waals surface area contributed by atoms with E-state index in [1.807, 2.05) is 7.11 Å². The summed E-state index contributed by atoms with van der Waals surface area (Å²) in [6.07, 6.45) is 12.6. The van der Waals surface area contributed by atoms with Crippen LogP contribution in [0, 0.1) is 56.7 Å². The smallest absolute Gasteiger partial charge is 0.307 e. The van der Waals surface area contributed by atoms with Crippen molar-refractivity contribution in [2.45, 2.75) is 137 Å². The van der Waals surface area contributed by atoms with Gasteiger partial charge < -0.3 is 25.6 Å². The number of methoxy groups -OCH3 is 1. The zero-order chi connectivity index (χ0) is 35.8. The van der Waals surface area contributed by atoms with E-state index in [1.165, 1.54) is 18.4 Å². The highest BCUT2D eigenvalue weighted by Crippen LogP contribution is 2.74. The lowest BCUT2D eigenvalue weighted by molar-refractivity contribution is -0.212. The lowest BCUT2D eigenvalue weighted by Crippen LogP contribution is -2.66. The summed E-state index contributed by atoms with van der Waals surface area (Å²) in [5.74, 6) is 0.481. The van der Waals surface area contributed by atoms with Gasteiger partial charge in [0.25, 0.3) is 5.95 Å². The molecule has 0 bridgehead atoms. The summed E-state index contributed by atoms with van der Waals surface area (Å²) in [5, 5.41) is 27.9. The number of carbonyl (C=O) groups is 1. The Morgan fingerprint density at radius 2 is 1.76 bits per heavy atom. The number of rotatable bonds is 10. The molecular formula is C39H66N6O4. The van der Waals surface area contributed by atoms with Crippen LogP contribution in [-0.2, 0) is 14.3 Å². The molecule has 5 aliphatic rings. The van der Waals surface area contributed by atoms with E-state index in [0.717, 1.165) is 51.4 Å². The molecule has 0 spiro atoms. The van der Waals surface area contributed by atoms with Crippen molar-refractivity contribution < 1.29 is 19.4 Å². The van der Waals surface area contributed by atoms with Crippen molar-refractivity contribution >= 4 is 11.9 Å². The number of hydrogen-bond donors (Lipinski definition) is 3. The Morgan fingerprint density at radius 3 is 2.33 bits per heavy atom. The summed E-state index contributed by atoms with van der Waals surface area (Å²) < 4.78 is 13.3. The molecule has 6 rings (SSSR count). The Kier molecular flexibility index (Phi) is 9.43. The van der Waals surface area contributed by atoms with Gasteiger partial charge in [-0.2, -0.15) is 4.80 Å². The van der Waals surface area contributed by atoms with Gasteiger partial charge in [0.2, 0.25) is 0 Å². The van der Waals surface area contributed by atoms with Crippen LogP contribution < -0.4 is 11.1 Å². The number of anilines is 1. The molecule has 4 saturated carbocycles. The number of nitrogens with zero attached hydrogens (tertiary/aromatic N) is 4. The first-order valence-corrected chi connectivity index (χ1v) is 19.2. The van der Waals surface area contributed by atoms with Crippen molar-refractivity contribution in [3.8, 4) is 0 Å². The number of ether oxygens (including phenoxy) is 2. The Morgan fingerprint density at radius 1 is 1.06 bits per heavy atom. The van der Waals surface area contributed by atoms with Crippen LogP contribution in [0.2, 0.25) is 0 Å². The van der Waals surface area contributed by atoms with Crippen molar-refractivity contribution in [1.29, 1.82) is 0 Å². The van der Waals surface area contributed by atoms with Crippen LogP contribution in [0.4, 0.5) is 5.95 Å². The number of nitrogens with one attached hydrogen (secondary N) is 1. The maximum atomic E-state index is 13.5. The molecule has 49 heavy (non-hydrogen) atoms. The number of allylic oxidation sites excluding steroid dienone is 2. The SMILES string of the molecule is CNC1(CO[C@H]2[C@H](n3nnc(N)n3)C[C@]3(C)C4=CC[C@@]5(C)[C@H](C(=O)O)[C@@](C)([C@H](C)C(C)C)CC[C@]5(C)[C@H]4CC[C@H]3C2(C)COC)CCCC1. The number of fused-ring (bicyclic) bond motifs is 5. The monoisotopic (exact) mass is 683 g/mol. The second-order valence-corrected chi connectivity index (χ2v) is 18.8. The minimum atomic E-state index is -0.623. The van der Waals surface area contributed by atoms with Crippen LogP contribution in [0.5, 0.6) is 0 Å². The first-order valence-electron chi connectivity index (χ1n) is 19.2. The number of likely N-dealkylation sites (N-methyl/N-ethyl adjacent to an activating group) is 1. The molecule has 10 heteroatoms. The minimum Gasteiger partial charge on any atom is -0.481 e. The predicted octanol–water partition coefficient (Wildman–Crippen LogP) is 6.94. The number of hydrogen-bond acceptors (Lipinski definition) is 8. The lowest BCUT2D eigenvalue weighted by atomic mass is 9.34. The minimum absolute atomic E-state index is 0.0278. The molecule has 0 amide bonds. The Labute approximate surface area is 295 Å². The van der Waals surface area contributed by atoms with E-state index in [-0.39, 0.29) is 50.7 Å². The van der Waals surface area contributed by atoms with Gasteiger partial charge in [-0.25, -0.2) is 0 Å². The zero-order valence-corrected chi connectivity index (χ0v) is 32.1. The fourth-order valence-electron chi connectivity index (χ4n) is 13.2. The summed E-state index contributed by atoms with van der Waals surface area (Å²) in [5.41, 5.74) is 6.31. The van der Waals surface area contributed by atoms with Gasteiger partial charge in [-0.3, -0.25) is 4.79 Å². The Bertz CT molecular complexity index is 1420. The van der Waals surface area contributed by atoms with E-state index in [4.69, 9.17) is 15.2 Å². The molecule has 4 N–H and O–H groups in total. The highest BCUT2D eigenvalue weighted by molar-refractivity contribution is 5.73. The molecule has 11 atom stereocenters. The third kappa shape index (κ3) is 5.34. The standard InChI is InChI=1S/C39H66N6O4/c1-24(2)25(3)34(4)19-20-37(7)27-13-14-29-35(5,26(27)15-18-38(37,8)30(34)32(46)47)21-28(45-43-33(40)42-44-45)31(36(29,6)22-48-10)49-23-39(41-9)16-11-12-17-39/h15,24-25,27-31,41H,11-14,16-23H2,1-10H3,(H2,40,43)(H,46,47)/t25-,27+,28-,29-,30-,31+,34-,35-,36?,37-,38+/m1/s1. The molecule has 1 unspecified atom stereocenters. The summed E-state index contributed by atoms with van der Waals surface area (Å²) >= 11 is 0. The molecule has 0 radical (unpaired) electrons. The maximum Gasteiger partial charge on any atom is 0.307 e. The number of aliphatic carboxylic acids is 1. The van der Waals surface area contributed by atoms with Gasteiger partial charge in [0.15, 0.2) is 0 Å². The van der Waals surface area contributed by atoms with E-state index in [1.54, 1.807) is 4.80 Å². The molecular weight excluding hydrogens is 616 g/mol. The van der Waals surface area contributed by atoms with E-state index in [2.05, 4.69) is 89.2 Å². The van der Waals surface area contributed by atoms with Gasteiger partial charge in [0, 0.05) is 18.1 Å². The van der Waals surface area contributed by atoms with Crippen LogP contribution >= 0.6 is 0 Å². The predicted molar refractivity (Wildman–Crippen MR) is 192 cm³/mol. The number of tetrazole rings is 1. The van der Waals surface area contributed by atoms with E-state index < -0.39 is 11.9 Å². The molecule has 0 aromatic carbocycles. The topological polar surface area (TPSA) is 137 Å². The van der Waals surface area contributed by atoms with Gasteiger partial charge in [0.1, 0.15) is 6.04 Å². The Hall–Kier alpha value is -2.04. The number of carboxylic acid groups (broad SMARTS) is 1. The van der Waals surface area contributed by atoms with Gasteiger partial charge in [0.05, 0.1) is 25.2 Å². The number of nitrogens with two attached hydrogens (primary N) is 1. The van der Waals surface area contributed by atoms with Crippen molar-refractivity contribution in [1.82, 2.24) is 25.5 Å².